The SMILES string of the molecule is C=CC[C@H]1O[C@H](COCc2ccccc2)[C@@H](O[C@@H]2O[C@H](COCc3ccccc3)[C@H](OCc3ccccc3)[C@H](OCc3ccccc3)[C@H]2OCc2ccccc2)[C@H](OCc2ccccc2)[C@H]1O. The Morgan fingerprint density at radius 1 is 0.388 bits per heavy atom. The van der Waals surface area contributed by atoms with Crippen LogP contribution in [0.2, 0.25) is 0 Å². The third-order valence-corrected chi connectivity index (χ3v) is 12.0. The molecule has 0 aromatic heterocycles. The molecule has 10 heteroatoms. The van der Waals surface area contributed by atoms with Crippen molar-refractivity contribution in [3.63, 3.8) is 0 Å². The van der Waals surface area contributed by atoms with Crippen LogP contribution in [0.3, 0.4) is 0 Å². The molecule has 0 spiro atoms. The Hall–Kier alpha value is -5.34. The molecule has 350 valence electrons. The highest BCUT2D eigenvalue weighted by Gasteiger charge is 2.53. The van der Waals surface area contributed by atoms with Gasteiger partial charge >= 0.3 is 0 Å². The summed E-state index contributed by atoms with van der Waals surface area (Å²) in [5.41, 5.74) is 5.91. The van der Waals surface area contributed by atoms with E-state index in [1.807, 2.05) is 182 Å². The van der Waals surface area contributed by atoms with Crippen LogP contribution in [0.4, 0.5) is 0 Å². The zero-order chi connectivity index (χ0) is 45.9. The molecule has 0 bridgehead atoms. The van der Waals surface area contributed by atoms with E-state index in [0.717, 1.165) is 33.4 Å². The minimum atomic E-state index is -1.10. The van der Waals surface area contributed by atoms with Crippen molar-refractivity contribution in [1.29, 1.82) is 0 Å². The van der Waals surface area contributed by atoms with Gasteiger partial charge in [-0.3, -0.25) is 0 Å². The highest BCUT2D eigenvalue weighted by Crippen LogP contribution is 2.36. The highest BCUT2D eigenvalue weighted by atomic mass is 16.7. The third kappa shape index (κ3) is 14.1. The summed E-state index contributed by atoms with van der Waals surface area (Å²) in [6.45, 7) is 5.94. The number of aliphatic hydroxyl groups is 1. The van der Waals surface area contributed by atoms with Crippen LogP contribution in [0.25, 0.3) is 0 Å². The van der Waals surface area contributed by atoms with Crippen molar-refractivity contribution in [1.82, 2.24) is 0 Å². The van der Waals surface area contributed by atoms with E-state index in [2.05, 4.69) is 6.58 Å². The quantitative estimate of drug-likeness (QED) is 0.0591. The number of hydrogen-bond donors (Lipinski definition) is 1. The fraction of sp³-hybridized carbons (Fsp3) is 0.333. The van der Waals surface area contributed by atoms with E-state index in [9.17, 15) is 5.11 Å². The van der Waals surface area contributed by atoms with Crippen LogP contribution in [-0.2, 0) is 82.3 Å². The van der Waals surface area contributed by atoms with Gasteiger partial charge in [-0.2, -0.15) is 0 Å². The molecule has 0 saturated carbocycles. The van der Waals surface area contributed by atoms with Gasteiger partial charge in [0.1, 0.15) is 48.8 Å². The summed E-state index contributed by atoms with van der Waals surface area (Å²) in [6.07, 6.45) is -6.19. The van der Waals surface area contributed by atoms with Crippen LogP contribution in [0.5, 0.6) is 0 Å². The smallest absolute Gasteiger partial charge is 0.187 e. The van der Waals surface area contributed by atoms with Crippen LogP contribution in [0.15, 0.2) is 195 Å². The van der Waals surface area contributed by atoms with Crippen LogP contribution < -0.4 is 0 Å². The van der Waals surface area contributed by atoms with Gasteiger partial charge in [-0.05, 0) is 39.8 Å². The van der Waals surface area contributed by atoms with Gasteiger partial charge in [0.15, 0.2) is 6.29 Å². The first kappa shape index (κ1) is 48.1. The second-order valence-corrected chi connectivity index (χ2v) is 16.9. The van der Waals surface area contributed by atoms with Crippen molar-refractivity contribution in [3.8, 4) is 0 Å². The zero-order valence-electron chi connectivity index (χ0n) is 37.9. The van der Waals surface area contributed by atoms with Crippen molar-refractivity contribution >= 4 is 0 Å². The maximum Gasteiger partial charge on any atom is 0.187 e. The number of rotatable bonds is 24. The van der Waals surface area contributed by atoms with Crippen LogP contribution >= 0.6 is 0 Å². The third-order valence-electron chi connectivity index (χ3n) is 12.0. The summed E-state index contributed by atoms with van der Waals surface area (Å²) in [5, 5.41) is 12.2. The molecule has 2 heterocycles. The van der Waals surface area contributed by atoms with Crippen molar-refractivity contribution < 1.29 is 47.7 Å². The summed E-state index contributed by atoms with van der Waals surface area (Å²) in [4.78, 5) is 0. The average Bonchev–Trinajstić information content (AvgIpc) is 3.38. The molecular weight excluding hydrogens is 845 g/mol. The van der Waals surface area contributed by atoms with E-state index in [-0.39, 0.29) is 39.6 Å². The predicted molar refractivity (Wildman–Crippen MR) is 255 cm³/mol. The minimum Gasteiger partial charge on any atom is -0.388 e. The zero-order valence-corrected chi connectivity index (χ0v) is 37.9. The molecule has 8 rings (SSSR count). The summed E-state index contributed by atoms with van der Waals surface area (Å²) < 4.78 is 61.6. The Bertz CT molecular complexity index is 2270. The lowest BCUT2D eigenvalue weighted by Gasteiger charge is -2.49. The molecule has 0 aliphatic carbocycles. The maximum absolute atomic E-state index is 12.2. The second-order valence-electron chi connectivity index (χ2n) is 16.9. The fourth-order valence-electron chi connectivity index (χ4n) is 8.50. The Morgan fingerprint density at radius 2 is 0.731 bits per heavy atom. The van der Waals surface area contributed by atoms with E-state index in [1.165, 1.54) is 0 Å². The van der Waals surface area contributed by atoms with Gasteiger partial charge < -0.3 is 47.7 Å². The van der Waals surface area contributed by atoms with E-state index < -0.39 is 61.2 Å². The van der Waals surface area contributed by atoms with E-state index >= 15 is 0 Å². The summed E-state index contributed by atoms with van der Waals surface area (Å²) in [6, 6.07) is 59.9. The van der Waals surface area contributed by atoms with Gasteiger partial charge in [0, 0.05) is 0 Å². The Balaban J connectivity index is 1.16. The summed E-state index contributed by atoms with van der Waals surface area (Å²) >= 11 is 0. The fourth-order valence-corrected chi connectivity index (χ4v) is 8.50. The van der Waals surface area contributed by atoms with Crippen molar-refractivity contribution in [3.05, 3.63) is 228 Å². The average molecular weight is 907 g/mol. The molecule has 67 heavy (non-hydrogen) atoms. The molecule has 6 aromatic rings. The molecule has 2 aliphatic heterocycles. The summed E-state index contributed by atoms with van der Waals surface area (Å²) in [7, 11) is 0. The lowest BCUT2D eigenvalue weighted by Crippen LogP contribution is -2.66. The summed E-state index contributed by atoms with van der Waals surface area (Å²) in [5.74, 6) is 0. The molecule has 0 unspecified atom stereocenters. The minimum absolute atomic E-state index is 0.133. The van der Waals surface area contributed by atoms with E-state index in [4.69, 9.17) is 42.6 Å². The molecule has 6 aromatic carbocycles. The first-order valence-corrected chi connectivity index (χ1v) is 23.2. The van der Waals surface area contributed by atoms with Crippen LogP contribution in [0, 0.1) is 0 Å². The lowest BCUT2D eigenvalue weighted by molar-refractivity contribution is -0.361. The molecule has 1 N–H and O–H groups in total. The van der Waals surface area contributed by atoms with Crippen molar-refractivity contribution in [2.45, 2.75) is 107 Å². The van der Waals surface area contributed by atoms with Gasteiger partial charge in [0.2, 0.25) is 0 Å². The van der Waals surface area contributed by atoms with Crippen molar-refractivity contribution in [2.24, 2.45) is 0 Å². The maximum atomic E-state index is 12.2. The van der Waals surface area contributed by atoms with E-state index in [0.29, 0.717) is 19.6 Å². The largest absolute Gasteiger partial charge is 0.388 e. The Labute approximate surface area is 394 Å². The van der Waals surface area contributed by atoms with Crippen LogP contribution in [-0.4, -0.2) is 79.5 Å². The van der Waals surface area contributed by atoms with Gasteiger partial charge in [-0.15, -0.1) is 6.58 Å². The molecule has 0 radical (unpaired) electrons. The van der Waals surface area contributed by atoms with Gasteiger partial charge in [-0.1, -0.05) is 188 Å². The number of aliphatic hydroxyl groups excluding tert-OH is 1. The Morgan fingerprint density at radius 3 is 1.13 bits per heavy atom. The number of hydrogen-bond acceptors (Lipinski definition) is 10. The molecule has 10 nitrogen and oxygen atoms in total. The lowest BCUT2D eigenvalue weighted by atomic mass is 9.92. The number of ether oxygens (including phenoxy) is 9. The molecule has 0 amide bonds. The first-order valence-electron chi connectivity index (χ1n) is 23.2. The first-order chi connectivity index (χ1) is 33.1. The number of benzene rings is 6. The molecule has 2 saturated heterocycles. The van der Waals surface area contributed by atoms with Gasteiger partial charge in [0.05, 0.1) is 59.0 Å². The molecule has 2 aliphatic rings. The predicted octanol–water partition coefficient (Wildman–Crippen LogP) is 9.58. The van der Waals surface area contributed by atoms with Gasteiger partial charge in [-0.25, -0.2) is 0 Å². The second kappa shape index (κ2) is 25.7. The topological polar surface area (TPSA) is 103 Å². The molecule has 2 fully saturated rings. The van der Waals surface area contributed by atoms with Crippen LogP contribution in [0.1, 0.15) is 39.8 Å². The monoisotopic (exact) mass is 906 g/mol. The van der Waals surface area contributed by atoms with Gasteiger partial charge in [0.25, 0.3) is 0 Å². The highest BCUT2D eigenvalue weighted by molar-refractivity contribution is 5.18. The van der Waals surface area contributed by atoms with Crippen molar-refractivity contribution in [2.75, 3.05) is 13.2 Å². The Kier molecular flexibility index (Phi) is 18.5. The molecule has 10 atom stereocenters. The van der Waals surface area contributed by atoms with E-state index in [1.54, 1.807) is 6.08 Å². The normalized spacial score (nSPS) is 25.1. The molecular formula is C57H62O10. The standard InChI is InChI=1S/C57H62O10/c1-2-21-48-51(58)54(62-37-45-28-15-6-16-29-45)53(50(65-48)41-60-35-43-24-11-4-12-25-43)67-57-56(64-39-47-32-19-8-20-33-47)55(63-38-46-30-17-7-18-31-46)52(61-36-44-26-13-5-14-27-44)49(66-57)40-59-34-42-22-9-3-10-23-42/h2-20,22-33,48-58H,1,21,34-41H2/t48-,49-,50-,51+,52+,53-,54-,55+,56-,57+/m1/s1.